The van der Waals surface area contributed by atoms with E-state index < -0.39 is 0 Å². The Hall–Kier alpha value is 0.580. The molecule has 1 aromatic rings. The van der Waals surface area contributed by atoms with E-state index in [2.05, 4.69) is 48.2 Å². The summed E-state index contributed by atoms with van der Waals surface area (Å²) in [5.41, 5.74) is 0. The highest BCUT2D eigenvalue weighted by Gasteiger charge is 2.06. The molecule has 0 fully saturated rings. The molecule has 15 heavy (non-hydrogen) atoms. The smallest absolute Gasteiger partial charge is 0.0589 e. The zero-order chi connectivity index (χ0) is 11.1. The average Bonchev–Trinajstić information content (AvgIpc) is 2.61. The van der Waals surface area contributed by atoms with Gasteiger partial charge >= 0.3 is 0 Å². The largest absolute Gasteiger partial charge is 0.383 e. The normalized spacial score (nSPS) is 11.2. The lowest BCUT2D eigenvalue weighted by Crippen LogP contribution is -2.28. The van der Waals surface area contributed by atoms with Crippen LogP contribution < -0.4 is 0 Å². The van der Waals surface area contributed by atoms with Crippen LogP contribution in [-0.4, -0.2) is 37.0 Å². The Labute approximate surface area is 112 Å². The van der Waals surface area contributed by atoms with Crippen LogP contribution in [0.5, 0.6) is 0 Å². The van der Waals surface area contributed by atoms with Crippen molar-refractivity contribution in [3.63, 3.8) is 0 Å². The first-order valence-electron chi connectivity index (χ1n) is 4.76. The van der Waals surface area contributed by atoms with E-state index >= 15 is 0 Å². The van der Waals surface area contributed by atoms with E-state index in [-0.39, 0.29) is 0 Å². The number of nitrogens with zero attached hydrogens (tertiary/aromatic N) is 1. The molecule has 0 saturated carbocycles. The predicted molar refractivity (Wildman–Crippen MR) is 73.0 cm³/mol. The van der Waals surface area contributed by atoms with Gasteiger partial charge in [0.15, 0.2) is 0 Å². The summed E-state index contributed by atoms with van der Waals surface area (Å²) in [6.07, 6.45) is 0. The van der Waals surface area contributed by atoms with Crippen LogP contribution >= 0.6 is 43.2 Å². The van der Waals surface area contributed by atoms with Gasteiger partial charge in [0.1, 0.15) is 0 Å². The quantitative estimate of drug-likeness (QED) is 0.694. The second-order valence-electron chi connectivity index (χ2n) is 3.19. The first-order valence-corrected chi connectivity index (χ1v) is 7.56. The lowest BCUT2D eigenvalue weighted by molar-refractivity contribution is 0.149. The van der Waals surface area contributed by atoms with Gasteiger partial charge in [0, 0.05) is 46.8 Å². The summed E-state index contributed by atoms with van der Waals surface area (Å²) in [5, 5.41) is 3.13. The third kappa shape index (κ3) is 5.45. The Bertz CT molecular complexity index is 280. The molecule has 0 unspecified atom stereocenters. The molecule has 5 heteroatoms. The van der Waals surface area contributed by atoms with Crippen molar-refractivity contribution in [2.45, 2.75) is 6.54 Å². The van der Waals surface area contributed by atoms with Crippen molar-refractivity contribution in [3.8, 4) is 0 Å². The van der Waals surface area contributed by atoms with Crippen molar-refractivity contribution in [1.82, 2.24) is 4.90 Å². The minimum Gasteiger partial charge on any atom is -0.383 e. The number of rotatable bonds is 7. The summed E-state index contributed by atoms with van der Waals surface area (Å²) < 4.78 is 6.27. The third-order valence-corrected chi connectivity index (χ3v) is 4.05. The Morgan fingerprint density at radius 2 is 2.27 bits per heavy atom. The third-order valence-electron chi connectivity index (χ3n) is 2.01. The summed E-state index contributed by atoms with van der Waals surface area (Å²) in [7, 11) is 1.74. The Morgan fingerprint density at radius 3 is 2.80 bits per heavy atom. The van der Waals surface area contributed by atoms with Gasteiger partial charge in [-0.3, -0.25) is 4.90 Å². The highest BCUT2D eigenvalue weighted by atomic mass is 79.9. The van der Waals surface area contributed by atoms with Crippen molar-refractivity contribution in [2.75, 3.05) is 32.1 Å². The zero-order valence-corrected chi connectivity index (χ0v) is 12.7. The molecule has 0 aliphatic carbocycles. The summed E-state index contributed by atoms with van der Waals surface area (Å²) in [6, 6.07) is 2.18. The van der Waals surface area contributed by atoms with Crippen LogP contribution in [0.3, 0.4) is 0 Å². The van der Waals surface area contributed by atoms with Crippen LogP contribution in [0.25, 0.3) is 0 Å². The van der Waals surface area contributed by atoms with Crippen molar-refractivity contribution >= 4 is 43.2 Å². The van der Waals surface area contributed by atoms with Gasteiger partial charge in [-0.25, -0.2) is 0 Å². The number of hydrogen-bond donors (Lipinski definition) is 0. The second-order valence-corrected chi connectivity index (χ2v) is 5.89. The molecule has 0 saturated heterocycles. The fraction of sp³-hybridized carbons (Fsp3) is 0.600. The first-order chi connectivity index (χ1) is 7.26. The van der Waals surface area contributed by atoms with E-state index in [1.165, 1.54) is 9.35 Å². The second kappa shape index (κ2) is 7.79. The number of methoxy groups -OCH3 is 1. The highest BCUT2D eigenvalue weighted by Crippen LogP contribution is 2.21. The average molecular weight is 357 g/mol. The van der Waals surface area contributed by atoms with Crippen molar-refractivity contribution in [3.05, 3.63) is 20.8 Å². The first kappa shape index (κ1) is 13.6. The topological polar surface area (TPSA) is 12.5 Å². The maximum atomic E-state index is 5.10. The molecule has 0 amide bonds. The van der Waals surface area contributed by atoms with Crippen LogP contribution in [-0.2, 0) is 11.3 Å². The van der Waals surface area contributed by atoms with Gasteiger partial charge in [0.25, 0.3) is 0 Å². The minimum atomic E-state index is 0.791. The number of alkyl halides is 1. The monoisotopic (exact) mass is 355 g/mol. The van der Waals surface area contributed by atoms with Crippen molar-refractivity contribution in [2.24, 2.45) is 0 Å². The highest BCUT2D eigenvalue weighted by molar-refractivity contribution is 9.10. The Morgan fingerprint density at radius 1 is 1.47 bits per heavy atom. The van der Waals surface area contributed by atoms with E-state index in [4.69, 9.17) is 4.74 Å². The Kier molecular flexibility index (Phi) is 7.08. The summed E-state index contributed by atoms with van der Waals surface area (Å²) in [6.45, 7) is 3.83. The zero-order valence-electron chi connectivity index (χ0n) is 8.71. The summed E-state index contributed by atoms with van der Waals surface area (Å²) in [5.74, 6) is 0. The molecular formula is C10H15Br2NOS. The van der Waals surface area contributed by atoms with E-state index in [0.717, 1.165) is 31.6 Å². The molecule has 0 bridgehead atoms. The molecule has 0 atom stereocenters. The van der Waals surface area contributed by atoms with Gasteiger partial charge in [-0.2, -0.15) is 0 Å². The van der Waals surface area contributed by atoms with Crippen LogP contribution in [0, 0.1) is 0 Å². The van der Waals surface area contributed by atoms with Crippen LogP contribution in [0.4, 0.5) is 0 Å². The molecule has 1 aromatic heterocycles. The van der Waals surface area contributed by atoms with Crippen LogP contribution in [0.1, 0.15) is 4.88 Å². The molecule has 1 rings (SSSR count). The SMILES string of the molecule is COCCN(CCBr)Cc1cc(Br)cs1. The lowest BCUT2D eigenvalue weighted by atomic mass is 10.4. The molecule has 0 spiro atoms. The van der Waals surface area contributed by atoms with Gasteiger partial charge in [0.2, 0.25) is 0 Å². The summed E-state index contributed by atoms with van der Waals surface area (Å²) in [4.78, 5) is 3.77. The molecule has 0 N–H and O–H groups in total. The van der Waals surface area contributed by atoms with E-state index in [0.29, 0.717) is 0 Å². The van der Waals surface area contributed by atoms with E-state index in [1.54, 1.807) is 18.4 Å². The summed E-state index contributed by atoms with van der Waals surface area (Å²) >= 11 is 8.74. The van der Waals surface area contributed by atoms with Gasteiger partial charge in [0.05, 0.1) is 6.61 Å². The standard InChI is InChI=1S/C10H15Br2NOS/c1-14-5-4-13(3-2-11)7-10-6-9(12)8-15-10/h6,8H,2-5,7H2,1H3. The van der Waals surface area contributed by atoms with Gasteiger partial charge < -0.3 is 4.74 Å². The Balaban J connectivity index is 2.42. The predicted octanol–water partition coefficient (Wildman–Crippen LogP) is 3.35. The minimum absolute atomic E-state index is 0.791. The molecule has 1 heterocycles. The molecule has 0 radical (unpaired) electrons. The molecular weight excluding hydrogens is 342 g/mol. The lowest BCUT2D eigenvalue weighted by Gasteiger charge is -2.19. The molecule has 2 nitrogen and oxygen atoms in total. The number of halogens is 2. The maximum absolute atomic E-state index is 5.10. The van der Waals surface area contributed by atoms with E-state index in [1.807, 2.05) is 0 Å². The van der Waals surface area contributed by atoms with Crippen molar-refractivity contribution in [1.29, 1.82) is 0 Å². The van der Waals surface area contributed by atoms with Crippen LogP contribution in [0.2, 0.25) is 0 Å². The van der Waals surface area contributed by atoms with E-state index in [9.17, 15) is 0 Å². The number of ether oxygens (including phenoxy) is 1. The molecule has 86 valence electrons. The van der Waals surface area contributed by atoms with Crippen LogP contribution in [0.15, 0.2) is 15.9 Å². The van der Waals surface area contributed by atoms with Gasteiger partial charge in [-0.15, -0.1) is 11.3 Å². The molecule has 0 aliphatic rings. The number of hydrogen-bond acceptors (Lipinski definition) is 3. The fourth-order valence-electron chi connectivity index (χ4n) is 1.27. The van der Waals surface area contributed by atoms with Crippen molar-refractivity contribution < 1.29 is 4.74 Å². The van der Waals surface area contributed by atoms with Gasteiger partial charge in [-0.05, 0) is 22.0 Å². The fourth-order valence-corrected chi connectivity index (χ4v) is 3.26. The molecule has 0 aromatic carbocycles. The number of thiophene rings is 1. The van der Waals surface area contributed by atoms with Gasteiger partial charge in [-0.1, -0.05) is 15.9 Å². The molecule has 0 aliphatic heterocycles. The maximum Gasteiger partial charge on any atom is 0.0589 e.